The van der Waals surface area contributed by atoms with Crippen LogP contribution in [-0.2, 0) is 11.3 Å². The quantitative estimate of drug-likeness (QED) is 0.776. The third kappa shape index (κ3) is 5.80. The molecule has 112 valence electrons. The van der Waals surface area contributed by atoms with Crippen LogP contribution >= 0.6 is 11.6 Å². The minimum absolute atomic E-state index is 0.00335. The van der Waals surface area contributed by atoms with Crippen LogP contribution in [0.1, 0.15) is 32.8 Å². The van der Waals surface area contributed by atoms with Gasteiger partial charge in [-0.2, -0.15) is 0 Å². The van der Waals surface area contributed by atoms with Gasteiger partial charge in [-0.05, 0) is 19.1 Å². The molecule has 4 nitrogen and oxygen atoms in total. The Morgan fingerprint density at radius 2 is 2.15 bits per heavy atom. The first-order valence-electron chi connectivity index (χ1n) is 6.94. The molecular formula is C15H23ClN2O2. The van der Waals surface area contributed by atoms with Crippen LogP contribution in [0.15, 0.2) is 18.2 Å². The summed E-state index contributed by atoms with van der Waals surface area (Å²) in [4.78, 5) is 11.4. The molecule has 0 aliphatic carbocycles. The molecule has 2 N–H and O–H groups in total. The fourth-order valence-corrected chi connectivity index (χ4v) is 1.92. The number of carbonyl (C=O) groups is 1. The first kappa shape index (κ1) is 16.8. The molecule has 0 spiro atoms. The van der Waals surface area contributed by atoms with E-state index >= 15 is 0 Å². The van der Waals surface area contributed by atoms with Gasteiger partial charge in [-0.3, -0.25) is 4.79 Å². The summed E-state index contributed by atoms with van der Waals surface area (Å²) in [6, 6.07) is 5.94. The molecule has 0 saturated heterocycles. The van der Waals surface area contributed by atoms with Gasteiger partial charge in [0.1, 0.15) is 5.75 Å². The van der Waals surface area contributed by atoms with Crippen molar-refractivity contribution < 1.29 is 9.53 Å². The second-order valence-corrected chi connectivity index (χ2v) is 5.21. The smallest absolute Gasteiger partial charge is 0.223 e. The first-order valence-corrected chi connectivity index (χ1v) is 7.32. The Hall–Kier alpha value is -1.26. The Morgan fingerprint density at radius 1 is 1.40 bits per heavy atom. The highest BCUT2D eigenvalue weighted by atomic mass is 35.5. The molecule has 0 radical (unpaired) electrons. The van der Waals surface area contributed by atoms with Gasteiger partial charge in [-0.15, -0.1) is 0 Å². The molecule has 5 heteroatoms. The van der Waals surface area contributed by atoms with Crippen molar-refractivity contribution in [1.29, 1.82) is 0 Å². The first-order chi connectivity index (χ1) is 9.54. The monoisotopic (exact) mass is 298 g/mol. The molecule has 0 fully saturated rings. The van der Waals surface area contributed by atoms with Gasteiger partial charge in [-0.1, -0.05) is 31.5 Å². The molecule has 1 amide bonds. The van der Waals surface area contributed by atoms with Gasteiger partial charge in [-0.25, -0.2) is 0 Å². The van der Waals surface area contributed by atoms with Gasteiger partial charge in [0.2, 0.25) is 5.91 Å². The van der Waals surface area contributed by atoms with Crippen molar-refractivity contribution in [3.63, 3.8) is 0 Å². The highest BCUT2D eigenvalue weighted by Crippen LogP contribution is 2.26. The second kappa shape index (κ2) is 8.82. The SMILES string of the molecule is CCNC(=O)CCOc1cccc(Cl)c1CNC(C)C. The zero-order valence-corrected chi connectivity index (χ0v) is 13.1. The van der Waals surface area contributed by atoms with E-state index < -0.39 is 0 Å². The van der Waals surface area contributed by atoms with E-state index in [1.54, 1.807) is 0 Å². The third-order valence-corrected chi connectivity index (χ3v) is 3.08. The molecule has 1 aromatic rings. The van der Waals surface area contributed by atoms with Crippen molar-refractivity contribution in [3.8, 4) is 5.75 Å². The van der Waals surface area contributed by atoms with E-state index in [0.717, 1.165) is 11.3 Å². The Morgan fingerprint density at radius 3 is 2.80 bits per heavy atom. The predicted molar refractivity (Wildman–Crippen MR) is 82.2 cm³/mol. The third-order valence-electron chi connectivity index (χ3n) is 2.72. The van der Waals surface area contributed by atoms with Gasteiger partial charge >= 0.3 is 0 Å². The predicted octanol–water partition coefficient (Wildman–Crippen LogP) is 2.74. The van der Waals surface area contributed by atoms with Crippen molar-refractivity contribution in [2.24, 2.45) is 0 Å². The molecule has 0 aliphatic heterocycles. The number of nitrogens with one attached hydrogen (secondary N) is 2. The summed E-state index contributed by atoms with van der Waals surface area (Å²) in [6.45, 7) is 7.68. The van der Waals surface area contributed by atoms with E-state index in [2.05, 4.69) is 24.5 Å². The average Bonchev–Trinajstić information content (AvgIpc) is 2.38. The van der Waals surface area contributed by atoms with Crippen molar-refractivity contribution in [2.45, 2.75) is 39.8 Å². The van der Waals surface area contributed by atoms with Crippen LogP contribution in [0.5, 0.6) is 5.75 Å². The minimum Gasteiger partial charge on any atom is -0.493 e. The van der Waals surface area contributed by atoms with Crippen LogP contribution < -0.4 is 15.4 Å². The maximum absolute atomic E-state index is 11.4. The zero-order valence-electron chi connectivity index (χ0n) is 12.3. The summed E-state index contributed by atoms with van der Waals surface area (Å²) in [5.41, 5.74) is 0.929. The van der Waals surface area contributed by atoms with Crippen molar-refractivity contribution >= 4 is 17.5 Å². The summed E-state index contributed by atoms with van der Waals surface area (Å²) in [5, 5.41) is 6.73. The summed E-state index contributed by atoms with van der Waals surface area (Å²) in [5.74, 6) is 0.728. The second-order valence-electron chi connectivity index (χ2n) is 4.80. The van der Waals surface area contributed by atoms with Gasteiger partial charge in [0.25, 0.3) is 0 Å². The lowest BCUT2D eigenvalue weighted by atomic mass is 10.2. The van der Waals surface area contributed by atoms with Crippen molar-refractivity contribution in [3.05, 3.63) is 28.8 Å². The minimum atomic E-state index is -0.00335. The fourth-order valence-electron chi connectivity index (χ4n) is 1.69. The number of hydrogen-bond donors (Lipinski definition) is 2. The lowest BCUT2D eigenvalue weighted by Crippen LogP contribution is -2.25. The van der Waals surface area contributed by atoms with E-state index in [1.165, 1.54) is 0 Å². The molecule has 0 bridgehead atoms. The van der Waals surface area contributed by atoms with E-state index in [1.807, 2.05) is 25.1 Å². The Balaban J connectivity index is 2.60. The largest absolute Gasteiger partial charge is 0.493 e. The van der Waals surface area contributed by atoms with Gasteiger partial charge in [0.05, 0.1) is 13.0 Å². The molecule has 0 aliphatic rings. The molecule has 0 heterocycles. The van der Waals surface area contributed by atoms with Crippen molar-refractivity contribution in [2.75, 3.05) is 13.2 Å². The zero-order chi connectivity index (χ0) is 15.0. The standard InChI is InChI=1S/C15H23ClN2O2/c1-4-17-15(19)8-9-20-14-7-5-6-13(16)12(14)10-18-11(2)3/h5-7,11,18H,4,8-10H2,1-3H3,(H,17,19). The van der Waals surface area contributed by atoms with Crippen molar-refractivity contribution in [1.82, 2.24) is 10.6 Å². The lowest BCUT2D eigenvalue weighted by molar-refractivity contribution is -0.121. The summed E-state index contributed by atoms with van der Waals surface area (Å²) < 4.78 is 5.68. The van der Waals surface area contributed by atoms with Crippen LogP contribution in [0.3, 0.4) is 0 Å². The van der Waals surface area contributed by atoms with E-state index in [-0.39, 0.29) is 5.91 Å². The van der Waals surface area contributed by atoms with E-state index in [0.29, 0.717) is 37.2 Å². The van der Waals surface area contributed by atoms with Crippen LogP contribution in [0.4, 0.5) is 0 Å². The number of ether oxygens (including phenoxy) is 1. The summed E-state index contributed by atoms with van der Waals surface area (Å²) >= 11 is 6.20. The molecule has 1 aromatic carbocycles. The number of rotatable bonds is 8. The normalized spacial score (nSPS) is 10.7. The fraction of sp³-hybridized carbons (Fsp3) is 0.533. The van der Waals surface area contributed by atoms with Crippen LogP contribution in [0.25, 0.3) is 0 Å². The lowest BCUT2D eigenvalue weighted by Gasteiger charge is -2.15. The summed E-state index contributed by atoms with van der Waals surface area (Å²) in [7, 11) is 0. The van der Waals surface area contributed by atoms with Crippen LogP contribution in [-0.4, -0.2) is 25.1 Å². The van der Waals surface area contributed by atoms with E-state index in [4.69, 9.17) is 16.3 Å². The average molecular weight is 299 g/mol. The number of carbonyl (C=O) groups excluding carboxylic acids is 1. The number of benzene rings is 1. The number of amides is 1. The van der Waals surface area contributed by atoms with Gasteiger partial charge in [0, 0.05) is 29.7 Å². The molecule has 0 saturated carbocycles. The Kier molecular flexibility index (Phi) is 7.41. The maximum Gasteiger partial charge on any atom is 0.223 e. The number of hydrogen-bond acceptors (Lipinski definition) is 3. The van der Waals surface area contributed by atoms with Gasteiger partial charge < -0.3 is 15.4 Å². The Bertz CT molecular complexity index is 436. The molecule has 1 rings (SSSR count). The van der Waals surface area contributed by atoms with E-state index in [9.17, 15) is 4.79 Å². The molecule has 0 aromatic heterocycles. The number of halogens is 1. The summed E-state index contributed by atoms with van der Waals surface area (Å²) in [6.07, 6.45) is 0.345. The Labute approximate surface area is 125 Å². The molecule has 20 heavy (non-hydrogen) atoms. The topological polar surface area (TPSA) is 50.4 Å². The molecule has 0 unspecified atom stereocenters. The van der Waals surface area contributed by atoms with Gasteiger partial charge in [0.15, 0.2) is 0 Å². The highest BCUT2D eigenvalue weighted by molar-refractivity contribution is 6.31. The molecule has 0 atom stereocenters. The maximum atomic E-state index is 11.4. The molecular weight excluding hydrogens is 276 g/mol. The van der Waals surface area contributed by atoms with Crippen LogP contribution in [0, 0.1) is 0 Å². The van der Waals surface area contributed by atoms with Crippen LogP contribution in [0.2, 0.25) is 5.02 Å². The highest BCUT2D eigenvalue weighted by Gasteiger charge is 2.09.